The highest BCUT2D eigenvalue weighted by Crippen LogP contribution is 2.32. The first kappa shape index (κ1) is 15.7. The lowest BCUT2D eigenvalue weighted by Crippen LogP contribution is -2.12. The predicted molar refractivity (Wildman–Crippen MR) is 93.0 cm³/mol. The average molecular weight is 322 g/mol. The van der Waals surface area contributed by atoms with Crippen LogP contribution in [0, 0.1) is 13.8 Å². The Kier molecular flexibility index (Phi) is 4.00. The fourth-order valence-corrected chi connectivity index (χ4v) is 2.50. The predicted octanol–water partition coefficient (Wildman–Crippen LogP) is 3.76. The van der Waals surface area contributed by atoms with Crippen molar-refractivity contribution in [3.63, 3.8) is 0 Å². The molecule has 3 rings (SSSR count). The minimum absolute atomic E-state index is 0.155. The van der Waals surface area contributed by atoms with Gasteiger partial charge in [0.25, 0.3) is 5.91 Å². The van der Waals surface area contributed by atoms with E-state index >= 15 is 0 Å². The van der Waals surface area contributed by atoms with Crippen molar-refractivity contribution in [2.24, 2.45) is 0 Å². The third-order valence-corrected chi connectivity index (χ3v) is 3.99. The zero-order valence-corrected chi connectivity index (χ0v) is 13.4. The molecule has 122 valence electrons. The Balaban J connectivity index is 1.93. The number of amides is 1. The molecule has 0 saturated carbocycles. The highest BCUT2D eigenvalue weighted by molar-refractivity contribution is 6.08. The molecule has 3 N–H and O–H groups in total. The molecule has 0 unspecified atom stereocenters. The minimum Gasteiger partial charge on any atom is -0.505 e. The van der Waals surface area contributed by atoms with Gasteiger partial charge in [0.2, 0.25) is 5.88 Å². The van der Waals surface area contributed by atoms with Gasteiger partial charge in [-0.1, -0.05) is 24.3 Å². The Labute approximate surface area is 139 Å². The summed E-state index contributed by atoms with van der Waals surface area (Å²) >= 11 is 0. The molecule has 0 saturated heterocycles. The van der Waals surface area contributed by atoms with Crippen molar-refractivity contribution in [1.29, 1.82) is 0 Å². The summed E-state index contributed by atoms with van der Waals surface area (Å²) in [5, 5.41) is 23.1. The minimum atomic E-state index is -0.567. The van der Waals surface area contributed by atoms with E-state index < -0.39 is 5.91 Å². The van der Waals surface area contributed by atoms with Crippen molar-refractivity contribution in [2.75, 3.05) is 5.32 Å². The van der Waals surface area contributed by atoms with E-state index in [-0.39, 0.29) is 17.2 Å². The summed E-state index contributed by atoms with van der Waals surface area (Å²) in [7, 11) is 0. The number of hydrogen-bond donors (Lipinski definition) is 3. The first-order chi connectivity index (χ1) is 11.5. The van der Waals surface area contributed by atoms with E-state index in [1.807, 2.05) is 32.0 Å². The molecule has 5 nitrogen and oxygen atoms in total. The van der Waals surface area contributed by atoms with Crippen LogP contribution in [0.25, 0.3) is 5.69 Å². The second kappa shape index (κ2) is 6.12. The standard InChI is InChI=1S/C19H18N2O3/c1-12-8-9-14(10-13(12)2)20-18(23)17-16(22)11-21(19(17)24)15-6-4-3-5-7-15/h3-11,22,24H,1-2H3,(H,20,23). The van der Waals surface area contributed by atoms with Crippen LogP contribution in [0.5, 0.6) is 11.6 Å². The Bertz CT molecular complexity index is 898. The monoisotopic (exact) mass is 322 g/mol. The van der Waals surface area contributed by atoms with E-state index in [1.54, 1.807) is 30.3 Å². The molecule has 24 heavy (non-hydrogen) atoms. The molecule has 0 aliphatic heterocycles. The Morgan fingerprint density at radius 2 is 1.71 bits per heavy atom. The molecule has 3 aromatic rings. The normalized spacial score (nSPS) is 10.6. The van der Waals surface area contributed by atoms with Gasteiger partial charge in [-0.15, -0.1) is 0 Å². The van der Waals surface area contributed by atoms with Crippen LogP contribution in [0.2, 0.25) is 0 Å². The van der Waals surface area contributed by atoms with E-state index in [1.165, 1.54) is 10.8 Å². The molecule has 1 heterocycles. The second-order valence-electron chi connectivity index (χ2n) is 5.67. The van der Waals surface area contributed by atoms with Gasteiger partial charge in [-0.05, 0) is 49.2 Å². The van der Waals surface area contributed by atoms with Crippen LogP contribution in [0.15, 0.2) is 54.7 Å². The zero-order valence-electron chi connectivity index (χ0n) is 13.4. The van der Waals surface area contributed by atoms with Gasteiger partial charge < -0.3 is 15.5 Å². The van der Waals surface area contributed by atoms with E-state index in [0.717, 1.165) is 11.1 Å². The second-order valence-corrected chi connectivity index (χ2v) is 5.67. The van der Waals surface area contributed by atoms with Gasteiger partial charge in [-0.2, -0.15) is 0 Å². The molecule has 0 bridgehead atoms. The van der Waals surface area contributed by atoms with Gasteiger partial charge in [-0.3, -0.25) is 9.36 Å². The third-order valence-electron chi connectivity index (χ3n) is 3.99. The molecular weight excluding hydrogens is 304 g/mol. The molecule has 0 aliphatic carbocycles. The van der Waals surface area contributed by atoms with Crippen molar-refractivity contribution < 1.29 is 15.0 Å². The lowest BCUT2D eigenvalue weighted by Gasteiger charge is -2.08. The molecule has 0 radical (unpaired) electrons. The molecule has 0 fully saturated rings. The average Bonchev–Trinajstić information content (AvgIpc) is 2.86. The smallest absolute Gasteiger partial charge is 0.264 e. The summed E-state index contributed by atoms with van der Waals surface area (Å²) in [5.41, 5.74) is 3.26. The number of carbonyl (C=O) groups excluding carboxylic acids is 1. The van der Waals surface area contributed by atoms with Crippen LogP contribution >= 0.6 is 0 Å². The summed E-state index contributed by atoms with van der Waals surface area (Å²) < 4.78 is 1.37. The van der Waals surface area contributed by atoms with E-state index in [2.05, 4.69) is 5.32 Å². The molecule has 1 aromatic heterocycles. The van der Waals surface area contributed by atoms with Crippen LogP contribution in [0.1, 0.15) is 21.5 Å². The fraction of sp³-hybridized carbons (Fsp3) is 0.105. The van der Waals surface area contributed by atoms with Crippen LogP contribution in [0.4, 0.5) is 5.69 Å². The van der Waals surface area contributed by atoms with Crippen LogP contribution < -0.4 is 5.32 Å². The zero-order chi connectivity index (χ0) is 17.3. The van der Waals surface area contributed by atoms with Gasteiger partial charge in [0.1, 0.15) is 11.3 Å². The summed E-state index contributed by atoms with van der Waals surface area (Å²) in [4.78, 5) is 12.5. The Morgan fingerprint density at radius 1 is 1.00 bits per heavy atom. The van der Waals surface area contributed by atoms with Gasteiger partial charge in [0, 0.05) is 11.4 Å². The first-order valence-electron chi connectivity index (χ1n) is 7.54. The quantitative estimate of drug-likeness (QED) is 0.687. The molecular formula is C19H18N2O3. The lowest BCUT2D eigenvalue weighted by atomic mass is 10.1. The van der Waals surface area contributed by atoms with E-state index in [0.29, 0.717) is 11.4 Å². The number of carbonyl (C=O) groups is 1. The number of anilines is 1. The topological polar surface area (TPSA) is 74.5 Å². The molecule has 0 aliphatic rings. The van der Waals surface area contributed by atoms with Gasteiger partial charge in [-0.25, -0.2) is 0 Å². The fourth-order valence-electron chi connectivity index (χ4n) is 2.50. The van der Waals surface area contributed by atoms with Crippen LogP contribution in [0.3, 0.4) is 0 Å². The number of nitrogens with zero attached hydrogens (tertiary/aromatic N) is 1. The molecule has 2 aromatic carbocycles. The van der Waals surface area contributed by atoms with Gasteiger partial charge in [0.15, 0.2) is 0 Å². The summed E-state index contributed by atoms with van der Waals surface area (Å²) in [6, 6.07) is 14.5. The molecule has 1 amide bonds. The molecule has 5 heteroatoms. The number of aromatic nitrogens is 1. The SMILES string of the molecule is Cc1ccc(NC(=O)c2c(O)cn(-c3ccccc3)c2O)cc1C. The molecule has 0 spiro atoms. The van der Waals surface area contributed by atoms with E-state index in [9.17, 15) is 15.0 Å². The number of para-hydroxylation sites is 1. The van der Waals surface area contributed by atoms with Crippen molar-refractivity contribution in [1.82, 2.24) is 4.57 Å². The van der Waals surface area contributed by atoms with Gasteiger partial charge >= 0.3 is 0 Å². The van der Waals surface area contributed by atoms with Crippen LogP contribution in [-0.2, 0) is 0 Å². The van der Waals surface area contributed by atoms with Crippen molar-refractivity contribution >= 4 is 11.6 Å². The maximum absolute atomic E-state index is 12.5. The summed E-state index contributed by atoms with van der Waals surface area (Å²) in [6.07, 6.45) is 1.32. The Hall–Kier alpha value is -3.21. The van der Waals surface area contributed by atoms with Gasteiger partial charge in [0.05, 0.1) is 6.20 Å². The number of rotatable bonds is 3. The van der Waals surface area contributed by atoms with Crippen molar-refractivity contribution in [3.8, 4) is 17.3 Å². The highest BCUT2D eigenvalue weighted by Gasteiger charge is 2.22. The van der Waals surface area contributed by atoms with E-state index in [4.69, 9.17) is 0 Å². The number of aromatic hydroxyl groups is 2. The summed E-state index contributed by atoms with van der Waals surface area (Å²) in [5.74, 6) is -1.15. The molecule has 0 atom stereocenters. The highest BCUT2D eigenvalue weighted by atomic mass is 16.3. The lowest BCUT2D eigenvalue weighted by molar-refractivity contribution is 0.102. The van der Waals surface area contributed by atoms with Crippen LogP contribution in [-0.4, -0.2) is 20.7 Å². The maximum Gasteiger partial charge on any atom is 0.264 e. The van der Waals surface area contributed by atoms with Crippen molar-refractivity contribution in [3.05, 3.63) is 71.4 Å². The first-order valence-corrected chi connectivity index (χ1v) is 7.54. The number of hydrogen-bond acceptors (Lipinski definition) is 3. The Morgan fingerprint density at radius 3 is 2.38 bits per heavy atom. The summed E-state index contributed by atoms with van der Waals surface area (Å²) in [6.45, 7) is 3.93. The van der Waals surface area contributed by atoms with Crippen molar-refractivity contribution in [2.45, 2.75) is 13.8 Å². The number of benzene rings is 2. The number of nitrogens with one attached hydrogen (secondary N) is 1. The third kappa shape index (κ3) is 2.84. The number of aryl methyl sites for hydroxylation is 2. The maximum atomic E-state index is 12.5. The largest absolute Gasteiger partial charge is 0.505 e.